The first kappa shape index (κ1) is 32.5. The number of hydrogen-bond acceptors (Lipinski definition) is 4. The van der Waals surface area contributed by atoms with Crippen molar-refractivity contribution in [2.24, 2.45) is 4.99 Å². The van der Waals surface area contributed by atoms with Crippen LogP contribution in [0.5, 0.6) is 5.75 Å². The highest BCUT2D eigenvalue weighted by Crippen LogP contribution is 2.38. The number of nitrogens with zero attached hydrogens (tertiary/aromatic N) is 4. The predicted molar refractivity (Wildman–Crippen MR) is 167 cm³/mol. The minimum absolute atomic E-state index is 0.114. The summed E-state index contributed by atoms with van der Waals surface area (Å²) in [6.07, 6.45) is 2.33. The van der Waals surface area contributed by atoms with Crippen LogP contribution in [0.2, 0.25) is 10.0 Å². The standard InChI is InChI=1S/C33H36Cl2F2N4O2/c1-33(2,22-7-13-26(34)29(19-22)43-6)30-20-39-31(40(30)24-10-8-23(36)9-11-24)14-12-25-27(35)17-21(18-28(25)37)32(42)38-15-16-41(3,4)5/h7-11,13,17-20H,12,14-16H2,1-6H3. The fraction of sp³-hybridized carbons (Fsp3) is 0.333. The van der Waals surface area contributed by atoms with Gasteiger partial charge in [-0.15, -0.1) is 0 Å². The second-order valence-electron chi connectivity index (χ2n) is 12.0. The predicted octanol–water partition coefficient (Wildman–Crippen LogP) is 6.39. The van der Waals surface area contributed by atoms with E-state index in [4.69, 9.17) is 32.9 Å². The molecule has 4 aromatic rings. The molecule has 0 radical (unpaired) electrons. The molecular formula is C33H36Cl2F2N4O2. The van der Waals surface area contributed by atoms with Crippen molar-refractivity contribution >= 4 is 29.1 Å². The van der Waals surface area contributed by atoms with Gasteiger partial charge >= 0.3 is 0 Å². The highest BCUT2D eigenvalue weighted by Gasteiger charge is 2.30. The molecule has 3 aromatic carbocycles. The second-order valence-corrected chi connectivity index (χ2v) is 12.8. The molecule has 0 aliphatic rings. The van der Waals surface area contributed by atoms with Gasteiger partial charge in [-0.1, -0.05) is 43.1 Å². The Morgan fingerprint density at radius 3 is 2.33 bits per heavy atom. The van der Waals surface area contributed by atoms with Crippen LogP contribution in [-0.4, -0.2) is 61.3 Å². The lowest BCUT2D eigenvalue weighted by Gasteiger charge is -2.28. The van der Waals surface area contributed by atoms with Crippen molar-refractivity contribution < 1.29 is 23.1 Å². The summed E-state index contributed by atoms with van der Waals surface area (Å²) in [5.41, 5.74) is 2.30. The number of likely N-dealkylation sites (N-methyl/N-ethyl adjacent to an activating group) is 1. The molecule has 0 spiro atoms. The van der Waals surface area contributed by atoms with Crippen LogP contribution in [0.4, 0.5) is 8.78 Å². The molecule has 0 unspecified atom stereocenters. The Kier molecular flexibility index (Phi) is 9.84. The first-order chi connectivity index (χ1) is 20.2. The quantitative estimate of drug-likeness (QED) is 0.110. The van der Waals surface area contributed by atoms with Crippen LogP contribution < -0.4 is 9.84 Å². The molecule has 0 bridgehead atoms. The normalized spacial score (nSPS) is 12.6. The first-order valence-electron chi connectivity index (χ1n) is 13.9. The Morgan fingerprint density at radius 1 is 1.00 bits per heavy atom. The number of quaternary nitrogens is 1. The molecule has 0 aliphatic carbocycles. The lowest BCUT2D eigenvalue weighted by molar-refractivity contribution is -0.868. The Labute approximate surface area is 261 Å². The fourth-order valence-electron chi connectivity index (χ4n) is 4.83. The average molecular weight is 630 g/mol. The zero-order chi connectivity index (χ0) is 31.5. The molecule has 0 saturated heterocycles. The van der Waals surface area contributed by atoms with Gasteiger partial charge in [0.15, 0.2) is 0 Å². The van der Waals surface area contributed by atoms with E-state index in [0.29, 0.717) is 46.3 Å². The number of aryl methyl sites for hydroxylation is 1. The third-order valence-electron chi connectivity index (χ3n) is 7.45. The van der Waals surface area contributed by atoms with Crippen LogP contribution in [0.25, 0.3) is 5.69 Å². The van der Waals surface area contributed by atoms with E-state index in [1.807, 2.05) is 51.7 Å². The van der Waals surface area contributed by atoms with Crippen molar-refractivity contribution in [1.29, 1.82) is 0 Å². The van der Waals surface area contributed by atoms with Crippen molar-refractivity contribution in [3.8, 4) is 11.4 Å². The lowest BCUT2D eigenvalue weighted by Crippen LogP contribution is -2.37. The Bertz CT molecular complexity index is 1600. The van der Waals surface area contributed by atoms with E-state index in [0.717, 1.165) is 11.3 Å². The van der Waals surface area contributed by atoms with Crippen molar-refractivity contribution in [2.45, 2.75) is 32.1 Å². The average Bonchev–Trinajstić information content (AvgIpc) is 3.37. The maximum absolute atomic E-state index is 15.3. The van der Waals surface area contributed by atoms with Gasteiger partial charge in [0.1, 0.15) is 23.2 Å². The molecule has 0 N–H and O–H groups in total. The van der Waals surface area contributed by atoms with E-state index in [-0.39, 0.29) is 28.4 Å². The molecule has 0 amide bonds. The Balaban J connectivity index is 1.67. The van der Waals surface area contributed by atoms with Crippen molar-refractivity contribution in [2.75, 3.05) is 41.3 Å². The third-order valence-corrected chi connectivity index (χ3v) is 8.10. The molecule has 0 saturated carbocycles. The molecule has 1 aromatic heterocycles. The van der Waals surface area contributed by atoms with Crippen molar-refractivity contribution in [3.63, 3.8) is 0 Å². The summed E-state index contributed by atoms with van der Waals surface area (Å²) in [4.78, 5) is 8.78. The molecule has 1 heterocycles. The molecule has 43 heavy (non-hydrogen) atoms. The highest BCUT2D eigenvalue weighted by atomic mass is 35.5. The molecule has 4 rings (SSSR count). The molecular weight excluding hydrogens is 593 g/mol. The molecule has 0 fully saturated rings. The summed E-state index contributed by atoms with van der Waals surface area (Å²) in [7, 11) is 7.58. The van der Waals surface area contributed by atoms with Gasteiger partial charge in [-0.2, -0.15) is 0 Å². The monoisotopic (exact) mass is 628 g/mol. The third kappa shape index (κ3) is 7.55. The van der Waals surface area contributed by atoms with E-state index in [2.05, 4.69) is 4.99 Å². The summed E-state index contributed by atoms with van der Waals surface area (Å²) >= 11 is 12.8. The number of halogens is 4. The maximum atomic E-state index is 15.3. The second kappa shape index (κ2) is 13.0. The van der Waals surface area contributed by atoms with E-state index in [1.165, 1.54) is 24.3 Å². The maximum Gasteiger partial charge on any atom is 0.137 e. The van der Waals surface area contributed by atoms with Crippen molar-refractivity contribution in [3.05, 3.63) is 111 Å². The number of benzene rings is 3. The molecule has 0 atom stereocenters. The number of rotatable bonds is 11. The molecule has 0 aliphatic heterocycles. The summed E-state index contributed by atoms with van der Waals surface area (Å²) in [5, 5.41) is 13.2. The van der Waals surface area contributed by atoms with Gasteiger partial charge in [0.05, 0.1) is 52.1 Å². The zero-order valence-electron chi connectivity index (χ0n) is 25.2. The number of imidazole rings is 1. The summed E-state index contributed by atoms with van der Waals surface area (Å²) < 4.78 is 37.2. The van der Waals surface area contributed by atoms with Gasteiger partial charge in [-0.3, -0.25) is 9.56 Å². The lowest BCUT2D eigenvalue weighted by atomic mass is 9.81. The Morgan fingerprint density at radius 2 is 1.70 bits per heavy atom. The SMILES string of the molecule is COc1cc(C(C)(C)c2cnc(CCc3c(F)cc(C([O-])=NCC[N+](C)(C)C)cc3Cl)n2-c2ccc(F)cc2)ccc1Cl. The van der Waals surface area contributed by atoms with Crippen LogP contribution in [0.15, 0.2) is 65.8 Å². The molecule has 6 nitrogen and oxygen atoms in total. The van der Waals surface area contributed by atoms with Gasteiger partial charge < -0.3 is 14.3 Å². The zero-order valence-corrected chi connectivity index (χ0v) is 26.7. The number of methoxy groups -OCH3 is 1. The van der Waals surface area contributed by atoms with Crippen LogP contribution in [0, 0.1) is 11.6 Å². The minimum Gasteiger partial charge on any atom is -0.858 e. The highest BCUT2D eigenvalue weighted by molar-refractivity contribution is 6.32. The Hall–Kier alpha value is -3.46. The van der Waals surface area contributed by atoms with Crippen LogP contribution >= 0.6 is 23.2 Å². The van der Waals surface area contributed by atoms with Crippen LogP contribution in [-0.2, 0) is 18.3 Å². The van der Waals surface area contributed by atoms with E-state index in [9.17, 15) is 9.50 Å². The summed E-state index contributed by atoms with van der Waals surface area (Å²) in [5.74, 6) is -0.249. The summed E-state index contributed by atoms with van der Waals surface area (Å²) in [6.45, 7) is 5.10. The first-order valence-corrected chi connectivity index (χ1v) is 14.6. The number of aromatic nitrogens is 2. The largest absolute Gasteiger partial charge is 0.858 e. The minimum atomic E-state index is -0.577. The number of hydrogen-bond donors (Lipinski definition) is 0. The fourth-order valence-corrected chi connectivity index (χ4v) is 5.32. The van der Waals surface area contributed by atoms with Crippen LogP contribution in [0.3, 0.4) is 0 Å². The van der Waals surface area contributed by atoms with E-state index >= 15 is 4.39 Å². The molecule has 228 valence electrons. The smallest absolute Gasteiger partial charge is 0.137 e. The molecule has 10 heteroatoms. The van der Waals surface area contributed by atoms with E-state index in [1.54, 1.807) is 31.5 Å². The van der Waals surface area contributed by atoms with Crippen LogP contribution in [0.1, 0.15) is 42.1 Å². The van der Waals surface area contributed by atoms with Gasteiger partial charge in [0.25, 0.3) is 0 Å². The van der Waals surface area contributed by atoms with Gasteiger partial charge in [-0.05, 0) is 72.0 Å². The number of ether oxygens (including phenoxy) is 1. The van der Waals surface area contributed by atoms with Gasteiger partial charge in [-0.25, -0.2) is 13.8 Å². The van der Waals surface area contributed by atoms with E-state index < -0.39 is 17.1 Å². The topological polar surface area (TPSA) is 62.5 Å². The van der Waals surface area contributed by atoms with Crippen molar-refractivity contribution in [1.82, 2.24) is 9.55 Å². The van der Waals surface area contributed by atoms with Gasteiger partial charge in [0.2, 0.25) is 0 Å². The number of aliphatic imine (C=N–C) groups is 1. The summed E-state index contributed by atoms with van der Waals surface area (Å²) in [6, 6.07) is 14.4. The van der Waals surface area contributed by atoms with Gasteiger partial charge in [0, 0.05) is 34.3 Å².